The van der Waals surface area contributed by atoms with Crippen LogP contribution >= 0.6 is 11.8 Å². The zero-order chi connectivity index (χ0) is 21.3. The minimum atomic E-state index is -1.05. The molecule has 30 heavy (non-hydrogen) atoms. The average molecular weight is 428 g/mol. The third-order valence-corrected chi connectivity index (χ3v) is 6.13. The quantitative estimate of drug-likeness (QED) is 0.452. The van der Waals surface area contributed by atoms with E-state index in [1.807, 2.05) is 24.3 Å². The average Bonchev–Trinajstić information content (AvgIpc) is 3.33. The van der Waals surface area contributed by atoms with Crippen LogP contribution in [0.1, 0.15) is 50.0 Å². The number of rotatable bonds is 9. The molecule has 8 nitrogen and oxygen atoms in total. The Balaban J connectivity index is 1.40. The molecule has 4 rings (SSSR count). The van der Waals surface area contributed by atoms with E-state index >= 15 is 0 Å². The van der Waals surface area contributed by atoms with Gasteiger partial charge in [0.2, 0.25) is 5.91 Å². The number of aliphatic carboxylic acids is 1. The summed E-state index contributed by atoms with van der Waals surface area (Å²) in [6, 6.07) is 7.12. The van der Waals surface area contributed by atoms with E-state index in [0.29, 0.717) is 6.04 Å². The highest BCUT2D eigenvalue weighted by Gasteiger charge is 2.31. The van der Waals surface area contributed by atoms with E-state index < -0.39 is 12.0 Å². The molecule has 3 aromatic rings. The summed E-state index contributed by atoms with van der Waals surface area (Å²) in [7, 11) is 0. The van der Waals surface area contributed by atoms with Crippen LogP contribution in [0.3, 0.4) is 0 Å². The zero-order valence-electron chi connectivity index (χ0n) is 17.0. The number of para-hydroxylation sites is 1. The van der Waals surface area contributed by atoms with Crippen molar-refractivity contribution in [1.82, 2.24) is 25.1 Å². The predicted octanol–water partition coefficient (Wildman–Crippen LogP) is 3.12. The first-order chi connectivity index (χ1) is 14.4. The van der Waals surface area contributed by atoms with E-state index in [0.717, 1.165) is 40.3 Å². The second kappa shape index (κ2) is 8.51. The summed E-state index contributed by atoms with van der Waals surface area (Å²) >= 11 is 1.30. The van der Waals surface area contributed by atoms with Crippen molar-refractivity contribution in [3.8, 4) is 0 Å². The molecule has 0 bridgehead atoms. The number of aromatic amines is 1. The van der Waals surface area contributed by atoms with E-state index in [2.05, 4.69) is 38.9 Å². The Hall–Kier alpha value is -2.81. The summed E-state index contributed by atoms with van der Waals surface area (Å²) in [6.45, 7) is 4.15. The van der Waals surface area contributed by atoms with Crippen LogP contribution < -0.4 is 5.32 Å². The highest BCUT2D eigenvalue weighted by Crippen LogP contribution is 2.40. The van der Waals surface area contributed by atoms with Crippen LogP contribution in [0.5, 0.6) is 0 Å². The Labute approximate surface area is 178 Å². The van der Waals surface area contributed by atoms with Crippen molar-refractivity contribution in [3.63, 3.8) is 0 Å². The fraction of sp³-hybridized carbons (Fsp3) is 0.429. The van der Waals surface area contributed by atoms with Gasteiger partial charge in [0.1, 0.15) is 11.9 Å². The molecule has 0 saturated heterocycles. The molecule has 3 N–H and O–H groups in total. The number of carbonyl (C=O) groups is 2. The summed E-state index contributed by atoms with van der Waals surface area (Å²) in [4.78, 5) is 27.4. The summed E-state index contributed by atoms with van der Waals surface area (Å²) < 4.78 is 2.13. The number of benzene rings is 1. The molecule has 1 aliphatic carbocycles. The highest BCUT2D eigenvalue weighted by molar-refractivity contribution is 7.99. The van der Waals surface area contributed by atoms with Gasteiger partial charge in [-0.3, -0.25) is 4.79 Å². The molecule has 158 valence electrons. The van der Waals surface area contributed by atoms with Gasteiger partial charge in [0.25, 0.3) is 0 Å². The number of carboxylic acids is 1. The molecule has 0 aliphatic heterocycles. The maximum Gasteiger partial charge on any atom is 0.326 e. The topological polar surface area (TPSA) is 113 Å². The molecule has 9 heteroatoms. The van der Waals surface area contributed by atoms with Gasteiger partial charge >= 0.3 is 5.97 Å². The highest BCUT2D eigenvalue weighted by atomic mass is 32.2. The monoisotopic (exact) mass is 427 g/mol. The van der Waals surface area contributed by atoms with Crippen molar-refractivity contribution < 1.29 is 14.7 Å². The number of hydrogen-bond donors (Lipinski definition) is 3. The Morgan fingerprint density at radius 1 is 1.30 bits per heavy atom. The fourth-order valence-electron chi connectivity index (χ4n) is 3.54. The van der Waals surface area contributed by atoms with Crippen molar-refractivity contribution in [2.45, 2.75) is 56.3 Å². The Kier molecular flexibility index (Phi) is 5.80. The molecule has 2 heterocycles. The van der Waals surface area contributed by atoms with Gasteiger partial charge in [-0.05, 0) is 24.5 Å². The number of carbonyl (C=O) groups excluding carboxylic acids is 1. The van der Waals surface area contributed by atoms with Gasteiger partial charge in [0, 0.05) is 35.5 Å². The lowest BCUT2D eigenvalue weighted by Crippen LogP contribution is -2.43. The van der Waals surface area contributed by atoms with Gasteiger partial charge in [-0.2, -0.15) is 0 Å². The SMILES string of the molecule is CC(C)c1nnc(SCC(=O)N[C@H](Cc2c[nH]c3ccccc23)C(=O)O)n1C1CC1. The van der Waals surface area contributed by atoms with Crippen LogP contribution in [0.4, 0.5) is 0 Å². The van der Waals surface area contributed by atoms with E-state index in [1.54, 1.807) is 6.20 Å². The fourth-order valence-corrected chi connectivity index (χ4v) is 4.37. The first-order valence-corrected chi connectivity index (χ1v) is 11.1. The van der Waals surface area contributed by atoms with Crippen LogP contribution in [0.25, 0.3) is 10.9 Å². The summed E-state index contributed by atoms with van der Waals surface area (Å²) in [5.41, 5.74) is 1.81. The first kappa shape index (κ1) is 20.5. The number of hydrogen-bond acceptors (Lipinski definition) is 5. The number of fused-ring (bicyclic) bond motifs is 1. The number of H-pyrrole nitrogens is 1. The minimum Gasteiger partial charge on any atom is -0.480 e. The van der Waals surface area contributed by atoms with Gasteiger partial charge in [-0.1, -0.05) is 43.8 Å². The summed E-state index contributed by atoms with van der Waals surface area (Å²) in [5.74, 6) is -0.0942. The number of carboxylic acid groups (broad SMARTS) is 1. The number of nitrogens with one attached hydrogen (secondary N) is 2. The molecule has 1 aromatic carbocycles. The molecule has 1 amide bonds. The Morgan fingerprint density at radius 3 is 2.77 bits per heavy atom. The largest absolute Gasteiger partial charge is 0.480 e. The van der Waals surface area contributed by atoms with Crippen molar-refractivity contribution in [3.05, 3.63) is 41.9 Å². The molecule has 2 aromatic heterocycles. The van der Waals surface area contributed by atoms with Gasteiger partial charge in [0.05, 0.1) is 5.75 Å². The summed E-state index contributed by atoms with van der Waals surface area (Å²) in [5, 5.41) is 22.5. The number of thioether (sulfide) groups is 1. The Morgan fingerprint density at radius 2 is 2.07 bits per heavy atom. The van der Waals surface area contributed by atoms with E-state index in [1.165, 1.54) is 11.8 Å². The van der Waals surface area contributed by atoms with Crippen LogP contribution in [-0.4, -0.2) is 48.5 Å². The van der Waals surface area contributed by atoms with Gasteiger partial charge in [-0.15, -0.1) is 10.2 Å². The lowest BCUT2D eigenvalue weighted by atomic mass is 10.1. The maximum atomic E-state index is 12.5. The lowest BCUT2D eigenvalue weighted by molar-refractivity contribution is -0.141. The third-order valence-electron chi connectivity index (χ3n) is 5.18. The van der Waals surface area contributed by atoms with Crippen LogP contribution in [-0.2, 0) is 16.0 Å². The number of amides is 1. The molecule has 1 atom stereocenters. The molecule has 1 saturated carbocycles. The van der Waals surface area contributed by atoms with Crippen LogP contribution in [0.15, 0.2) is 35.6 Å². The van der Waals surface area contributed by atoms with Crippen molar-refractivity contribution in [2.24, 2.45) is 0 Å². The predicted molar refractivity (Wildman–Crippen MR) is 115 cm³/mol. The second-order valence-corrected chi connectivity index (χ2v) is 8.85. The minimum absolute atomic E-state index is 0.0978. The van der Waals surface area contributed by atoms with Crippen molar-refractivity contribution in [2.75, 3.05) is 5.75 Å². The molecule has 0 radical (unpaired) electrons. The van der Waals surface area contributed by atoms with Crippen molar-refractivity contribution in [1.29, 1.82) is 0 Å². The molecule has 0 unspecified atom stereocenters. The first-order valence-electron chi connectivity index (χ1n) is 10.1. The lowest BCUT2D eigenvalue weighted by Gasteiger charge is -2.14. The molecule has 0 spiro atoms. The second-order valence-electron chi connectivity index (χ2n) is 7.91. The van der Waals surface area contributed by atoms with Crippen LogP contribution in [0, 0.1) is 0 Å². The van der Waals surface area contributed by atoms with E-state index in [-0.39, 0.29) is 24.0 Å². The van der Waals surface area contributed by atoms with Crippen molar-refractivity contribution >= 4 is 34.5 Å². The Bertz CT molecular complexity index is 1070. The van der Waals surface area contributed by atoms with Crippen LogP contribution in [0.2, 0.25) is 0 Å². The van der Waals surface area contributed by atoms with E-state index in [9.17, 15) is 14.7 Å². The third kappa shape index (κ3) is 4.35. The van der Waals surface area contributed by atoms with Gasteiger partial charge < -0.3 is 20.0 Å². The molecular formula is C21H25N5O3S. The number of nitrogens with zero attached hydrogens (tertiary/aromatic N) is 3. The molecule has 1 fully saturated rings. The standard InChI is InChI=1S/C21H25N5O3S/c1-12(2)19-24-25-21(26(19)14-7-8-14)30-11-18(27)23-17(20(28)29)9-13-10-22-16-6-4-3-5-15(13)16/h3-6,10,12,14,17,22H,7-9,11H2,1-2H3,(H,23,27)(H,28,29)/t17-/m1/s1. The zero-order valence-corrected chi connectivity index (χ0v) is 17.8. The van der Waals surface area contributed by atoms with Gasteiger partial charge in [0.15, 0.2) is 5.16 Å². The smallest absolute Gasteiger partial charge is 0.326 e. The maximum absolute atomic E-state index is 12.5. The summed E-state index contributed by atoms with van der Waals surface area (Å²) in [6.07, 6.45) is 4.21. The molecule has 1 aliphatic rings. The van der Waals surface area contributed by atoms with E-state index in [4.69, 9.17) is 0 Å². The normalized spacial score (nSPS) is 14.9. The number of aromatic nitrogens is 4. The molecular weight excluding hydrogens is 402 g/mol. The van der Waals surface area contributed by atoms with Gasteiger partial charge in [-0.25, -0.2) is 4.79 Å².